The van der Waals surface area contributed by atoms with Crippen molar-refractivity contribution in [1.29, 1.82) is 0 Å². The lowest BCUT2D eigenvalue weighted by Gasteiger charge is -2.36. The molecule has 2 N–H and O–H groups in total. The standard InChI is InChI=1S/C17H28N4O/c1-2-21-12-15(11-19-21)13-6-8-20(9-7-13)17(22)14-4-3-5-16(18)10-14/h11-14,16H,2-10,18H2,1H3/t14-,16-/m0/s1. The summed E-state index contributed by atoms with van der Waals surface area (Å²) in [6.45, 7) is 4.78. The molecule has 1 aliphatic carbocycles. The Hall–Kier alpha value is -1.36. The van der Waals surface area contributed by atoms with Crippen molar-refractivity contribution in [3.05, 3.63) is 18.0 Å². The lowest BCUT2D eigenvalue weighted by Crippen LogP contribution is -2.44. The molecule has 1 saturated heterocycles. The summed E-state index contributed by atoms with van der Waals surface area (Å²) in [5.41, 5.74) is 7.35. The van der Waals surface area contributed by atoms with Crippen LogP contribution in [0.15, 0.2) is 12.4 Å². The van der Waals surface area contributed by atoms with Crippen molar-refractivity contribution >= 4 is 5.91 Å². The zero-order valence-electron chi connectivity index (χ0n) is 13.6. The van der Waals surface area contributed by atoms with E-state index in [4.69, 9.17) is 5.73 Å². The molecule has 1 aromatic rings. The molecule has 1 amide bonds. The number of nitrogens with two attached hydrogens (primary N) is 1. The quantitative estimate of drug-likeness (QED) is 0.930. The number of amides is 1. The minimum atomic E-state index is 0.170. The van der Waals surface area contributed by atoms with Gasteiger partial charge in [-0.25, -0.2) is 0 Å². The number of aryl methyl sites for hydroxylation is 1. The van der Waals surface area contributed by atoms with Crippen molar-refractivity contribution in [2.24, 2.45) is 11.7 Å². The predicted octanol–water partition coefficient (Wildman–Crippen LogP) is 2.13. The lowest BCUT2D eigenvalue weighted by molar-refractivity contribution is -0.137. The summed E-state index contributed by atoms with van der Waals surface area (Å²) in [4.78, 5) is 14.7. The average molecular weight is 304 g/mol. The van der Waals surface area contributed by atoms with Crippen LogP contribution in [-0.2, 0) is 11.3 Å². The van der Waals surface area contributed by atoms with Crippen LogP contribution in [0.2, 0.25) is 0 Å². The van der Waals surface area contributed by atoms with Gasteiger partial charge in [0.15, 0.2) is 0 Å². The van der Waals surface area contributed by atoms with Gasteiger partial charge in [0, 0.05) is 37.8 Å². The van der Waals surface area contributed by atoms with Crippen LogP contribution in [0, 0.1) is 5.92 Å². The Balaban J connectivity index is 1.53. The Kier molecular flexibility index (Phi) is 4.81. The normalized spacial score (nSPS) is 27.1. The third-order valence-electron chi connectivity index (χ3n) is 5.32. The topological polar surface area (TPSA) is 64.2 Å². The van der Waals surface area contributed by atoms with E-state index >= 15 is 0 Å². The first-order chi connectivity index (χ1) is 10.7. The Morgan fingerprint density at radius 3 is 2.73 bits per heavy atom. The van der Waals surface area contributed by atoms with E-state index in [0.29, 0.717) is 11.8 Å². The molecule has 0 radical (unpaired) electrons. The number of carbonyl (C=O) groups excluding carboxylic acids is 1. The minimum absolute atomic E-state index is 0.170. The second-order valence-corrected chi connectivity index (χ2v) is 6.85. The predicted molar refractivity (Wildman–Crippen MR) is 86.4 cm³/mol. The fourth-order valence-corrected chi connectivity index (χ4v) is 3.91. The molecule has 0 aromatic carbocycles. The van der Waals surface area contributed by atoms with E-state index in [9.17, 15) is 4.79 Å². The first kappa shape index (κ1) is 15.5. The molecule has 5 nitrogen and oxygen atoms in total. The van der Waals surface area contributed by atoms with Gasteiger partial charge >= 0.3 is 0 Å². The van der Waals surface area contributed by atoms with Crippen molar-refractivity contribution < 1.29 is 4.79 Å². The summed E-state index contributed by atoms with van der Waals surface area (Å²) < 4.78 is 1.98. The zero-order valence-corrected chi connectivity index (χ0v) is 13.6. The summed E-state index contributed by atoms with van der Waals surface area (Å²) in [6, 6.07) is 0.222. The molecule has 1 saturated carbocycles. The van der Waals surface area contributed by atoms with Crippen molar-refractivity contribution in [2.45, 2.75) is 64.0 Å². The summed E-state index contributed by atoms with van der Waals surface area (Å²) in [5, 5.41) is 4.37. The van der Waals surface area contributed by atoms with Gasteiger partial charge in [-0.05, 0) is 50.5 Å². The molecular weight excluding hydrogens is 276 g/mol. The van der Waals surface area contributed by atoms with E-state index in [1.165, 1.54) is 5.56 Å². The highest BCUT2D eigenvalue weighted by Gasteiger charge is 2.31. The monoisotopic (exact) mass is 304 g/mol. The van der Waals surface area contributed by atoms with Gasteiger partial charge in [0.05, 0.1) is 6.20 Å². The second-order valence-electron chi connectivity index (χ2n) is 6.85. The minimum Gasteiger partial charge on any atom is -0.342 e. The highest BCUT2D eigenvalue weighted by molar-refractivity contribution is 5.79. The van der Waals surface area contributed by atoms with E-state index in [2.05, 4.69) is 23.1 Å². The molecule has 2 fully saturated rings. The molecule has 1 aliphatic heterocycles. The second kappa shape index (κ2) is 6.82. The molecule has 22 heavy (non-hydrogen) atoms. The number of likely N-dealkylation sites (tertiary alicyclic amines) is 1. The Morgan fingerprint density at radius 2 is 2.09 bits per heavy atom. The van der Waals surface area contributed by atoms with Gasteiger partial charge in [0.25, 0.3) is 0 Å². The van der Waals surface area contributed by atoms with Crippen molar-refractivity contribution in [3.8, 4) is 0 Å². The molecule has 0 unspecified atom stereocenters. The van der Waals surface area contributed by atoms with Crippen LogP contribution >= 0.6 is 0 Å². The number of carbonyl (C=O) groups is 1. The molecule has 3 rings (SSSR count). The van der Waals surface area contributed by atoms with Gasteiger partial charge in [-0.1, -0.05) is 6.42 Å². The van der Waals surface area contributed by atoms with Crippen molar-refractivity contribution in [1.82, 2.24) is 14.7 Å². The highest BCUT2D eigenvalue weighted by Crippen LogP contribution is 2.30. The highest BCUT2D eigenvalue weighted by atomic mass is 16.2. The van der Waals surface area contributed by atoms with E-state index < -0.39 is 0 Å². The lowest BCUT2D eigenvalue weighted by atomic mass is 9.84. The van der Waals surface area contributed by atoms with Gasteiger partial charge in [-0.15, -0.1) is 0 Å². The average Bonchev–Trinajstić information content (AvgIpc) is 3.03. The third-order valence-corrected chi connectivity index (χ3v) is 5.32. The first-order valence-electron chi connectivity index (χ1n) is 8.74. The maximum absolute atomic E-state index is 12.6. The van der Waals surface area contributed by atoms with Gasteiger partial charge in [-0.3, -0.25) is 9.48 Å². The van der Waals surface area contributed by atoms with Crippen LogP contribution in [-0.4, -0.2) is 39.7 Å². The van der Waals surface area contributed by atoms with Crippen molar-refractivity contribution in [3.63, 3.8) is 0 Å². The van der Waals surface area contributed by atoms with Gasteiger partial charge in [0.2, 0.25) is 5.91 Å². The zero-order chi connectivity index (χ0) is 15.5. The number of hydrogen-bond donors (Lipinski definition) is 1. The van der Waals surface area contributed by atoms with Gasteiger partial charge < -0.3 is 10.6 Å². The van der Waals surface area contributed by atoms with Crippen LogP contribution in [0.1, 0.15) is 56.9 Å². The van der Waals surface area contributed by atoms with E-state index in [1.54, 1.807) is 0 Å². The fourth-order valence-electron chi connectivity index (χ4n) is 3.91. The van der Waals surface area contributed by atoms with Crippen LogP contribution in [0.25, 0.3) is 0 Å². The van der Waals surface area contributed by atoms with Gasteiger partial charge in [-0.2, -0.15) is 5.10 Å². The smallest absolute Gasteiger partial charge is 0.225 e. The molecule has 2 aliphatic rings. The Bertz CT molecular complexity index is 505. The maximum Gasteiger partial charge on any atom is 0.225 e. The van der Waals surface area contributed by atoms with E-state index in [1.807, 2.05) is 10.9 Å². The maximum atomic E-state index is 12.6. The molecule has 0 spiro atoms. The third kappa shape index (κ3) is 3.35. The number of aromatic nitrogens is 2. The summed E-state index contributed by atoms with van der Waals surface area (Å²) >= 11 is 0. The Morgan fingerprint density at radius 1 is 1.32 bits per heavy atom. The summed E-state index contributed by atoms with van der Waals surface area (Å²) in [6.07, 6.45) is 10.3. The fraction of sp³-hybridized carbons (Fsp3) is 0.765. The first-order valence-corrected chi connectivity index (χ1v) is 8.74. The van der Waals surface area contributed by atoms with Crippen LogP contribution in [0.4, 0.5) is 0 Å². The van der Waals surface area contributed by atoms with Gasteiger partial charge in [0.1, 0.15) is 0 Å². The Labute approximate surface area is 132 Å². The summed E-state index contributed by atoms with van der Waals surface area (Å²) in [7, 11) is 0. The molecule has 0 bridgehead atoms. The molecule has 2 atom stereocenters. The molecular formula is C17H28N4O. The van der Waals surface area contributed by atoms with E-state index in [-0.39, 0.29) is 12.0 Å². The van der Waals surface area contributed by atoms with Crippen LogP contribution < -0.4 is 5.73 Å². The number of piperidine rings is 1. The van der Waals surface area contributed by atoms with Crippen molar-refractivity contribution in [2.75, 3.05) is 13.1 Å². The number of hydrogen-bond acceptors (Lipinski definition) is 3. The summed E-state index contributed by atoms with van der Waals surface area (Å²) in [5.74, 6) is 1.07. The molecule has 2 heterocycles. The molecule has 1 aromatic heterocycles. The largest absolute Gasteiger partial charge is 0.342 e. The van der Waals surface area contributed by atoms with Crippen LogP contribution in [0.5, 0.6) is 0 Å². The molecule has 122 valence electrons. The number of rotatable bonds is 3. The number of nitrogens with zero attached hydrogens (tertiary/aromatic N) is 3. The van der Waals surface area contributed by atoms with Crippen LogP contribution in [0.3, 0.4) is 0 Å². The molecule has 5 heteroatoms. The SMILES string of the molecule is CCn1cc(C2CCN(C(=O)[C@H]3CCC[C@H](N)C3)CC2)cn1. The van der Waals surface area contributed by atoms with E-state index in [0.717, 1.165) is 58.2 Å².